The van der Waals surface area contributed by atoms with Crippen LogP contribution in [0, 0.1) is 5.82 Å². The Balaban J connectivity index is 1.59. The van der Waals surface area contributed by atoms with Crippen LogP contribution in [0.4, 0.5) is 10.4 Å². The van der Waals surface area contributed by atoms with Crippen molar-refractivity contribution >= 4 is 12.0 Å². The first-order chi connectivity index (χ1) is 11.1. The van der Waals surface area contributed by atoms with Gasteiger partial charge in [-0.2, -0.15) is 4.98 Å². The van der Waals surface area contributed by atoms with E-state index in [1.807, 2.05) is 6.07 Å². The van der Waals surface area contributed by atoms with E-state index in [0.29, 0.717) is 12.1 Å². The maximum Gasteiger partial charge on any atom is 0.357 e. The monoisotopic (exact) mass is 319 g/mol. The van der Waals surface area contributed by atoms with Gasteiger partial charge in [0, 0.05) is 24.7 Å². The number of benzene rings is 1. The first-order valence-corrected chi connectivity index (χ1v) is 7.53. The van der Waals surface area contributed by atoms with Gasteiger partial charge in [-0.3, -0.25) is 4.90 Å². The summed E-state index contributed by atoms with van der Waals surface area (Å²) in [5.41, 5.74) is 0.559. The molecule has 1 fully saturated rings. The van der Waals surface area contributed by atoms with E-state index >= 15 is 0 Å². The van der Waals surface area contributed by atoms with Crippen molar-refractivity contribution in [1.29, 1.82) is 0 Å². The number of piperidine rings is 1. The van der Waals surface area contributed by atoms with Gasteiger partial charge in [-0.1, -0.05) is 18.2 Å². The summed E-state index contributed by atoms with van der Waals surface area (Å²) in [5, 5.41) is 12.0. The Kier molecular flexibility index (Phi) is 4.57. The lowest BCUT2D eigenvalue weighted by molar-refractivity contribution is 0.0690. The number of hydrogen-bond donors (Lipinski definition) is 2. The summed E-state index contributed by atoms with van der Waals surface area (Å²) in [6.07, 6.45) is 3.02. The normalized spacial score (nSPS) is 18.7. The van der Waals surface area contributed by atoms with E-state index in [0.717, 1.165) is 32.2 Å². The molecule has 2 N–H and O–H groups in total. The summed E-state index contributed by atoms with van der Waals surface area (Å²) in [4.78, 5) is 16.8. The summed E-state index contributed by atoms with van der Waals surface area (Å²) >= 11 is 0. The number of halogens is 1. The SMILES string of the molecule is O=C(O)c1coc(NC2CCCN(Cc3ccccc3F)C2)n1. The third-order valence-electron chi connectivity index (χ3n) is 3.91. The number of hydrogen-bond acceptors (Lipinski definition) is 5. The highest BCUT2D eigenvalue weighted by Gasteiger charge is 2.22. The fourth-order valence-electron chi connectivity index (χ4n) is 2.80. The Morgan fingerprint density at radius 2 is 2.30 bits per heavy atom. The topological polar surface area (TPSA) is 78.6 Å². The van der Waals surface area contributed by atoms with Crippen molar-refractivity contribution in [1.82, 2.24) is 9.88 Å². The Hall–Kier alpha value is -2.41. The second kappa shape index (κ2) is 6.78. The Bertz CT molecular complexity index is 689. The number of anilines is 1. The van der Waals surface area contributed by atoms with Gasteiger partial charge in [0.15, 0.2) is 5.69 Å². The van der Waals surface area contributed by atoms with Crippen LogP contribution in [0.5, 0.6) is 0 Å². The zero-order valence-electron chi connectivity index (χ0n) is 12.5. The number of oxazole rings is 1. The molecular formula is C16H18FN3O3. The maximum absolute atomic E-state index is 13.7. The first-order valence-electron chi connectivity index (χ1n) is 7.53. The summed E-state index contributed by atoms with van der Waals surface area (Å²) < 4.78 is 18.9. The van der Waals surface area contributed by atoms with Crippen LogP contribution in [0.3, 0.4) is 0 Å². The summed E-state index contributed by atoms with van der Waals surface area (Å²) in [5.74, 6) is -1.31. The highest BCUT2D eigenvalue weighted by Crippen LogP contribution is 2.19. The van der Waals surface area contributed by atoms with E-state index in [4.69, 9.17) is 9.52 Å². The van der Waals surface area contributed by atoms with Crippen LogP contribution in [-0.2, 0) is 6.54 Å². The van der Waals surface area contributed by atoms with Crippen LogP contribution in [0.15, 0.2) is 34.9 Å². The predicted octanol–water partition coefficient (Wildman–Crippen LogP) is 2.59. The molecule has 2 heterocycles. The van der Waals surface area contributed by atoms with Gasteiger partial charge in [0.2, 0.25) is 0 Å². The van der Waals surface area contributed by atoms with Crippen LogP contribution in [-0.4, -0.2) is 40.1 Å². The molecular weight excluding hydrogens is 301 g/mol. The van der Waals surface area contributed by atoms with Crippen molar-refractivity contribution in [3.8, 4) is 0 Å². The molecule has 0 radical (unpaired) electrons. The van der Waals surface area contributed by atoms with E-state index in [9.17, 15) is 9.18 Å². The van der Waals surface area contributed by atoms with Gasteiger partial charge in [-0.05, 0) is 25.5 Å². The van der Waals surface area contributed by atoms with Gasteiger partial charge in [0.25, 0.3) is 6.01 Å². The molecule has 23 heavy (non-hydrogen) atoms. The highest BCUT2D eigenvalue weighted by molar-refractivity contribution is 5.85. The zero-order valence-corrected chi connectivity index (χ0v) is 12.5. The van der Waals surface area contributed by atoms with Crippen molar-refractivity contribution in [2.24, 2.45) is 0 Å². The van der Waals surface area contributed by atoms with Crippen molar-refractivity contribution in [3.05, 3.63) is 47.6 Å². The molecule has 1 unspecified atom stereocenters. The van der Waals surface area contributed by atoms with E-state index in [2.05, 4.69) is 15.2 Å². The molecule has 1 aromatic carbocycles. The number of nitrogens with one attached hydrogen (secondary N) is 1. The Morgan fingerprint density at radius 3 is 3.04 bits per heavy atom. The number of carboxylic acid groups (broad SMARTS) is 1. The molecule has 1 atom stereocenters. The van der Waals surface area contributed by atoms with Gasteiger partial charge in [-0.25, -0.2) is 9.18 Å². The summed E-state index contributed by atoms with van der Waals surface area (Å²) in [6.45, 7) is 2.18. The number of aromatic nitrogens is 1. The van der Waals surface area contributed by atoms with Gasteiger partial charge >= 0.3 is 5.97 Å². The molecule has 0 spiro atoms. The van der Waals surface area contributed by atoms with E-state index in [1.54, 1.807) is 12.1 Å². The lowest BCUT2D eigenvalue weighted by Gasteiger charge is -2.32. The summed E-state index contributed by atoms with van der Waals surface area (Å²) in [6, 6.07) is 7.07. The van der Waals surface area contributed by atoms with E-state index in [1.165, 1.54) is 6.07 Å². The fourth-order valence-corrected chi connectivity index (χ4v) is 2.80. The van der Waals surface area contributed by atoms with Crippen molar-refractivity contribution in [2.75, 3.05) is 18.4 Å². The molecule has 1 saturated heterocycles. The van der Waals surface area contributed by atoms with Gasteiger partial charge in [-0.15, -0.1) is 0 Å². The minimum absolute atomic E-state index is 0.0934. The van der Waals surface area contributed by atoms with Crippen LogP contribution in [0.2, 0.25) is 0 Å². The molecule has 1 aromatic heterocycles. The van der Waals surface area contributed by atoms with Crippen LogP contribution in [0.1, 0.15) is 28.9 Å². The molecule has 0 amide bonds. The molecule has 6 nitrogen and oxygen atoms in total. The van der Waals surface area contributed by atoms with Gasteiger partial charge in [0.1, 0.15) is 12.1 Å². The molecule has 0 bridgehead atoms. The molecule has 122 valence electrons. The standard InChI is InChI=1S/C16H18FN3O3/c17-13-6-2-1-4-11(13)8-20-7-3-5-12(9-20)18-16-19-14(10-23-16)15(21)22/h1-2,4,6,10,12H,3,5,7-9H2,(H,18,19)(H,21,22). The number of rotatable bonds is 5. The molecule has 7 heteroatoms. The van der Waals surface area contributed by atoms with E-state index < -0.39 is 5.97 Å². The lowest BCUT2D eigenvalue weighted by atomic mass is 10.0. The fraction of sp³-hybridized carbons (Fsp3) is 0.375. The number of likely N-dealkylation sites (tertiary alicyclic amines) is 1. The third kappa shape index (κ3) is 3.87. The highest BCUT2D eigenvalue weighted by atomic mass is 19.1. The quantitative estimate of drug-likeness (QED) is 0.882. The molecule has 0 aliphatic carbocycles. The van der Waals surface area contributed by atoms with Crippen molar-refractivity contribution < 1.29 is 18.7 Å². The largest absolute Gasteiger partial charge is 0.476 e. The average Bonchev–Trinajstić information content (AvgIpc) is 2.99. The smallest absolute Gasteiger partial charge is 0.357 e. The molecule has 1 aliphatic heterocycles. The van der Waals surface area contributed by atoms with Crippen molar-refractivity contribution in [3.63, 3.8) is 0 Å². The van der Waals surface area contributed by atoms with Crippen molar-refractivity contribution in [2.45, 2.75) is 25.4 Å². The second-order valence-corrected chi connectivity index (χ2v) is 5.65. The van der Waals surface area contributed by atoms with Gasteiger partial charge < -0.3 is 14.8 Å². The molecule has 1 aliphatic rings. The number of nitrogens with zero attached hydrogens (tertiary/aromatic N) is 2. The van der Waals surface area contributed by atoms with Gasteiger partial charge in [0.05, 0.1) is 0 Å². The Labute approximate surface area is 132 Å². The minimum Gasteiger partial charge on any atom is -0.476 e. The average molecular weight is 319 g/mol. The Morgan fingerprint density at radius 1 is 1.48 bits per heavy atom. The number of carbonyl (C=O) groups is 1. The van der Waals surface area contributed by atoms with Crippen LogP contribution < -0.4 is 5.32 Å². The molecule has 0 saturated carbocycles. The lowest BCUT2D eigenvalue weighted by Crippen LogP contribution is -2.41. The second-order valence-electron chi connectivity index (χ2n) is 5.65. The first kappa shape index (κ1) is 15.5. The number of aromatic carboxylic acids is 1. The maximum atomic E-state index is 13.7. The van der Waals surface area contributed by atoms with Crippen LogP contribution in [0.25, 0.3) is 0 Å². The number of carboxylic acids is 1. The third-order valence-corrected chi connectivity index (χ3v) is 3.91. The minimum atomic E-state index is -1.12. The van der Waals surface area contributed by atoms with Crippen LogP contribution >= 0.6 is 0 Å². The predicted molar refractivity (Wildman–Crippen MR) is 81.8 cm³/mol. The van der Waals surface area contributed by atoms with E-state index in [-0.39, 0.29) is 23.6 Å². The molecule has 2 aromatic rings. The zero-order chi connectivity index (χ0) is 16.2. The molecule has 3 rings (SSSR count). The summed E-state index contributed by atoms with van der Waals surface area (Å²) in [7, 11) is 0.